The number of allylic oxidation sites excluding steroid dienone is 1. The first-order valence-corrected chi connectivity index (χ1v) is 13.2. The van der Waals surface area contributed by atoms with Crippen LogP contribution in [-0.2, 0) is 0 Å². The van der Waals surface area contributed by atoms with Crippen LogP contribution in [-0.4, -0.2) is 36.1 Å². The van der Waals surface area contributed by atoms with Gasteiger partial charge in [0.2, 0.25) is 5.43 Å². The van der Waals surface area contributed by atoms with Crippen molar-refractivity contribution in [1.29, 1.82) is 0 Å². The third kappa shape index (κ3) is 4.54. The molecule has 3 aromatic rings. The Morgan fingerprint density at radius 1 is 1.30 bits per heavy atom. The molecule has 0 radical (unpaired) electrons. The van der Waals surface area contributed by atoms with E-state index in [1.54, 1.807) is 16.7 Å². The Kier molecular flexibility index (Phi) is 6.61. The van der Waals surface area contributed by atoms with Gasteiger partial charge in [-0.05, 0) is 73.3 Å². The molecule has 2 aliphatic carbocycles. The first kappa shape index (κ1) is 25.5. The second kappa shape index (κ2) is 9.60. The summed E-state index contributed by atoms with van der Waals surface area (Å²) in [5.41, 5.74) is 1.94. The number of halogens is 2. The number of carbonyl (C=O) groups is 1. The number of anilines is 1. The van der Waals surface area contributed by atoms with E-state index in [1.165, 1.54) is 36.4 Å². The summed E-state index contributed by atoms with van der Waals surface area (Å²) in [6.07, 6.45) is 6.83. The van der Waals surface area contributed by atoms with Crippen LogP contribution in [0.25, 0.3) is 16.7 Å². The van der Waals surface area contributed by atoms with Gasteiger partial charge < -0.3 is 10.2 Å². The molecule has 37 heavy (non-hydrogen) atoms. The number of carbonyl (C=O) groups excluding carboxylic acids is 1. The molecule has 2 heterocycles. The lowest BCUT2D eigenvalue weighted by Gasteiger charge is -2.33. The molecular weight excluding hydrogens is 491 g/mol. The molecule has 2 fully saturated rings. The summed E-state index contributed by atoms with van der Waals surface area (Å²) < 4.78 is 15.4. The summed E-state index contributed by atoms with van der Waals surface area (Å²) in [6, 6.07) is 7.39. The Bertz CT molecular complexity index is 1470. The molecule has 2 aromatic heterocycles. The van der Waals surface area contributed by atoms with E-state index in [1.807, 2.05) is 19.0 Å². The molecule has 0 saturated heterocycles. The highest BCUT2D eigenvalue weighted by Gasteiger charge is 2.49. The van der Waals surface area contributed by atoms with Gasteiger partial charge in [-0.2, -0.15) is 0 Å². The van der Waals surface area contributed by atoms with Gasteiger partial charge in [0.15, 0.2) is 5.65 Å². The summed E-state index contributed by atoms with van der Waals surface area (Å²) in [5, 5.41) is 3.42. The Balaban J connectivity index is 1.47. The van der Waals surface area contributed by atoms with E-state index < -0.39 is 17.2 Å². The number of benzene rings is 1. The third-order valence-corrected chi connectivity index (χ3v) is 8.67. The largest absolute Gasteiger partial charge is 0.363 e. The van der Waals surface area contributed by atoms with E-state index in [2.05, 4.69) is 23.8 Å². The van der Waals surface area contributed by atoms with E-state index in [-0.39, 0.29) is 21.4 Å². The van der Waals surface area contributed by atoms with Crippen LogP contribution in [0, 0.1) is 23.1 Å². The van der Waals surface area contributed by atoms with E-state index in [0.29, 0.717) is 29.6 Å². The maximum Gasteiger partial charge on any atom is 0.256 e. The summed E-state index contributed by atoms with van der Waals surface area (Å²) >= 11 is 6.38. The molecule has 6 nitrogen and oxygen atoms in total. The van der Waals surface area contributed by atoms with E-state index >= 15 is 0 Å². The molecule has 8 heteroatoms. The highest BCUT2D eigenvalue weighted by Crippen LogP contribution is 2.59. The van der Waals surface area contributed by atoms with Crippen LogP contribution >= 0.6 is 11.6 Å². The van der Waals surface area contributed by atoms with E-state index in [9.17, 15) is 14.0 Å². The van der Waals surface area contributed by atoms with Crippen molar-refractivity contribution in [3.8, 4) is 5.69 Å². The van der Waals surface area contributed by atoms with Gasteiger partial charge in [-0.25, -0.2) is 9.37 Å². The van der Waals surface area contributed by atoms with Crippen molar-refractivity contribution < 1.29 is 9.18 Å². The average Bonchev–Trinajstić information content (AvgIpc) is 3.17. The Morgan fingerprint density at radius 3 is 2.73 bits per heavy atom. The van der Waals surface area contributed by atoms with E-state index in [4.69, 9.17) is 11.6 Å². The van der Waals surface area contributed by atoms with Crippen LogP contribution < -0.4 is 15.6 Å². The zero-order valence-electron chi connectivity index (χ0n) is 21.5. The molecule has 2 saturated carbocycles. The molecule has 5 rings (SSSR count). The molecule has 1 N–H and O–H groups in total. The van der Waals surface area contributed by atoms with Gasteiger partial charge in [0.1, 0.15) is 17.2 Å². The lowest BCUT2D eigenvalue weighted by Crippen LogP contribution is -2.33. The number of rotatable bonds is 7. The SMILES string of the molecule is C=C1CC2CC(CC)(CCNC(=O)c3cn(-c4ccc(F)cc4Cl)c4nc(N(C)C)ccc4c3=O)CC12. The van der Waals surface area contributed by atoms with Gasteiger partial charge in [-0.15, -0.1) is 0 Å². The van der Waals surface area contributed by atoms with Gasteiger partial charge in [0, 0.05) is 26.8 Å². The highest BCUT2D eigenvalue weighted by atomic mass is 35.5. The van der Waals surface area contributed by atoms with Crippen LogP contribution in [0.15, 0.2) is 53.5 Å². The van der Waals surface area contributed by atoms with Gasteiger partial charge in [0.25, 0.3) is 5.91 Å². The quantitative estimate of drug-likeness (QED) is 0.401. The second-order valence-electron chi connectivity index (χ2n) is 10.8. The third-order valence-electron chi connectivity index (χ3n) is 8.36. The van der Waals surface area contributed by atoms with Crippen molar-refractivity contribution in [3.05, 3.63) is 75.3 Å². The fourth-order valence-electron chi connectivity index (χ4n) is 6.11. The predicted octanol–water partition coefficient (Wildman–Crippen LogP) is 5.75. The fraction of sp³-hybridized carbons (Fsp3) is 0.414. The molecule has 3 unspecified atom stereocenters. The zero-order chi connectivity index (χ0) is 26.5. The molecule has 0 spiro atoms. The van der Waals surface area contributed by atoms with Crippen molar-refractivity contribution >= 4 is 34.4 Å². The molecule has 0 aliphatic heterocycles. The molecule has 3 atom stereocenters. The molecule has 1 amide bonds. The van der Waals surface area contributed by atoms with Crippen LogP contribution in [0.5, 0.6) is 0 Å². The number of hydrogen-bond acceptors (Lipinski definition) is 4. The first-order valence-electron chi connectivity index (χ1n) is 12.8. The van der Waals surface area contributed by atoms with Gasteiger partial charge in [0.05, 0.1) is 16.1 Å². The lowest BCUT2D eigenvalue weighted by atomic mass is 9.72. The first-order chi connectivity index (χ1) is 17.6. The number of pyridine rings is 2. The molecule has 1 aromatic carbocycles. The molecule has 2 aliphatic rings. The minimum Gasteiger partial charge on any atom is -0.363 e. The van der Waals surface area contributed by atoms with Crippen LogP contribution in [0.1, 0.15) is 49.4 Å². The van der Waals surface area contributed by atoms with Crippen molar-refractivity contribution in [2.45, 2.75) is 39.0 Å². The summed E-state index contributed by atoms with van der Waals surface area (Å²) in [6.45, 7) is 6.91. The Hall–Kier alpha value is -3.19. The van der Waals surface area contributed by atoms with Crippen molar-refractivity contribution in [3.63, 3.8) is 0 Å². The monoisotopic (exact) mass is 522 g/mol. The van der Waals surface area contributed by atoms with Crippen LogP contribution in [0.3, 0.4) is 0 Å². The van der Waals surface area contributed by atoms with Crippen LogP contribution in [0.2, 0.25) is 5.02 Å². The minimum absolute atomic E-state index is 0.00212. The minimum atomic E-state index is -0.479. The summed E-state index contributed by atoms with van der Waals surface area (Å²) in [4.78, 5) is 33.2. The zero-order valence-corrected chi connectivity index (χ0v) is 22.2. The molecule has 194 valence electrons. The second-order valence-corrected chi connectivity index (χ2v) is 11.2. The smallest absolute Gasteiger partial charge is 0.256 e. The molecular formula is C29H32ClFN4O2. The number of fused-ring (bicyclic) bond motifs is 2. The van der Waals surface area contributed by atoms with Crippen molar-refractivity contribution in [2.24, 2.45) is 17.3 Å². The normalized spacial score (nSPS) is 22.6. The van der Waals surface area contributed by atoms with Crippen molar-refractivity contribution in [2.75, 3.05) is 25.5 Å². The van der Waals surface area contributed by atoms with Gasteiger partial charge in [-0.3, -0.25) is 14.2 Å². The summed E-state index contributed by atoms with van der Waals surface area (Å²) in [7, 11) is 3.69. The Labute approximate surface area is 221 Å². The van der Waals surface area contributed by atoms with Crippen LogP contribution in [0.4, 0.5) is 10.2 Å². The predicted molar refractivity (Wildman–Crippen MR) is 146 cm³/mol. The number of nitrogens with one attached hydrogen (secondary N) is 1. The number of nitrogens with zero attached hydrogens (tertiary/aromatic N) is 3. The maximum absolute atomic E-state index is 13.8. The number of aromatic nitrogens is 2. The van der Waals surface area contributed by atoms with E-state index in [0.717, 1.165) is 31.6 Å². The average molecular weight is 523 g/mol. The van der Waals surface area contributed by atoms with Gasteiger partial charge >= 0.3 is 0 Å². The number of hydrogen-bond donors (Lipinski definition) is 1. The van der Waals surface area contributed by atoms with Crippen molar-refractivity contribution in [1.82, 2.24) is 14.9 Å². The number of amides is 1. The highest BCUT2D eigenvalue weighted by molar-refractivity contribution is 6.32. The fourth-order valence-corrected chi connectivity index (χ4v) is 6.36. The summed E-state index contributed by atoms with van der Waals surface area (Å²) in [5.74, 6) is 1.08. The topological polar surface area (TPSA) is 67.2 Å². The maximum atomic E-state index is 13.8. The lowest BCUT2D eigenvalue weighted by molar-refractivity contribution is 0.0944. The van der Waals surface area contributed by atoms with Gasteiger partial charge in [-0.1, -0.05) is 37.1 Å². The standard InChI is InChI=1S/C29H32ClFN4O2/c1-5-29(14-18-12-17(2)21(18)15-29)10-11-32-28(37)22-16-35(24-8-6-19(31)13-23(24)30)27-20(26(22)36)7-9-25(33-27)34(3)4/h6-9,13,16,18,21H,2,5,10-12,14-15H2,1,3-4H3,(H,32,37). The molecule has 0 bridgehead atoms. The Morgan fingerprint density at radius 2 is 2.08 bits per heavy atom.